The number of nitrogens with zero attached hydrogens (tertiary/aromatic N) is 1. The molecule has 2 heterocycles. The molecule has 0 N–H and O–H groups in total. The highest BCUT2D eigenvalue weighted by Gasteiger charge is 2.27. The van der Waals surface area contributed by atoms with Crippen molar-refractivity contribution in [1.29, 1.82) is 0 Å². The van der Waals surface area contributed by atoms with E-state index in [1.54, 1.807) is 12.1 Å². The summed E-state index contributed by atoms with van der Waals surface area (Å²) >= 11 is 0. The van der Waals surface area contributed by atoms with Gasteiger partial charge in [-0.15, -0.1) is 0 Å². The maximum atomic E-state index is 13.1. The molecule has 2 aliphatic heterocycles. The molecule has 2 aromatic rings. The minimum atomic E-state index is -0.169. The Kier molecular flexibility index (Phi) is 4.39. The van der Waals surface area contributed by atoms with Gasteiger partial charge in [0.1, 0.15) is 18.5 Å². The Balaban J connectivity index is 1.38. The van der Waals surface area contributed by atoms with E-state index in [1.807, 2.05) is 36.4 Å². The first-order valence-corrected chi connectivity index (χ1v) is 8.64. The van der Waals surface area contributed by atoms with Crippen LogP contribution in [0.4, 0.5) is 4.39 Å². The number of ether oxygens (including phenoxy) is 2. The van der Waals surface area contributed by atoms with Gasteiger partial charge < -0.3 is 9.47 Å². The molecule has 0 spiro atoms. The Bertz CT molecular complexity index is 688. The summed E-state index contributed by atoms with van der Waals surface area (Å²) in [6.07, 6.45) is 2.38. The fraction of sp³-hybridized carbons (Fsp3) is 0.400. The van der Waals surface area contributed by atoms with Gasteiger partial charge in [-0.25, -0.2) is 4.39 Å². The highest BCUT2D eigenvalue weighted by molar-refractivity contribution is 5.40. The molecule has 0 aromatic heterocycles. The highest BCUT2D eigenvalue weighted by atomic mass is 19.1. The molecule has 126 valence electrons. The molecule has 2 aliphatic rings. The molecule has 0 aliphatic carbocycles. The Morgan fingerprint density at radius 1 is 1.04 bits per heavy atom. The van der Waals surface area contributed by atoms with Crippen LogP contribution in [0.3, 0.4) is 0 Å². The summed E-state index contributed by atoms with van der Waals surface area (Å²) in [5.41, 5.74) is 1.23. The average Bonchev–Trinajstić information content (AvgIpc) is 2.62. The summed E-state index contributed by atoms with van der Waals surface area (Å²) < 4.78 is 25.0. The van der Waals surface area contributed by atoms with E-state index in [1.165, 1.54) is 5.56 Å². The van der Waals surface area contributed by atoms with Crippen LogP contribution in [-0.4, -0.2) is 37.2 Å². The molecular weight excluding hydrogens is 305 g/mol. The second-order valence-corrected chi connectivity index (χ2v) is 6.65. The van der Waals surface area contributed by atoms with Crippen LogP contribution in [-0.2, 0) is 0 Å². The Morgan fingerprint density at radius 2 is 1.83 bits per heavy atom. The van der Waals surface area contributed by atoms with E-state index in [9.17, 15) is 4.39 Å². The van der Waals surface area contributed by atoms with E-state index in [0.29, 0.717) is 12.5 Å². The fourth-order valence-corrected chi connectivity index (χ4v) is 3.67. The van der Waals surface area contributed by atoms with Crippen LogP contribution in [0.1, 0.15) is 24.3 Å². The van der Waals surface area contributed by atoms with Gasteiger partial charge >= 0.3 is 0 Å². The summed E-state index contributed by atoms with van der Waals surface area (Å²) in [5.74, 6) is 1.96. The number of halogens is 1. The summed E-state index contributed by atoms with van der Waals surface area (Å²) in [7, 11) is 0. The Morgan fingerprint density at radius 3 is 2.67 bits per heavy atom. The molecule has 4 heteroatoms. The van der Waals surface area contributed by atoms with E-state index in [-0.39, 0.29) is 11.9 Å². The highest BCUT2D eigenvalue weighted by Crippen LogP contribution is 2.32. The van der Waals surface area contributed by atoms with Crippen molar-refractivity contribution in [3.63, 3.8) is 0 Å². The molecule has 0 radical (unpaired) electrons. The third-order valence-corrected chi connectivity index (χ3v) is 4.88. The van der Waals surface area contributed by atoms with Crippen LogP contribution in [0.2, 0.25) is 0 Å². The van der Waals surface area contributed by atoms with Crippen molar-refractivity contribution in [2.45, 2.75) is 24.9 Å². The summed E-state index contributed by atoms with van der Waals surface area (Å²) in [5, 5.41) is 0. The molecule has 2 atom stereocenters. The van der Waals surface area contributed by atoms with Gasteiger partial charge in [-0.1, -0.05) is 24.3 Å². The van der Waals surface area contributed by atoms with Gasteiger partial charge in [0.15, 0.2) is 11.5 Å². The molecule has 4 rings (SSSR count). The van der Waals surface area contributed by atoms with Crippen molar-refractivity contribution in [2.24, 2.45) is 0 Å². The summed E-state index contributed by atoms with van der Waals surface area (Å²) in [4.78, 5) is 2.44. The smallest absolute Gasteiger partial charge is 0.161 e. The molecule has 1 saturated heterocycles. The number of rotatable bonds is 3. The quantitative estimate of drug-likeness (QED) is 0.855. The van der Waals surface area contributed by atoms with Gasteiger partial charge in [-0.3, -0.25) is 4.90 Å². The second kappa shape index (κ2) is 6.81. The van der Waals surface area contributed by atoms with Gasteiger partial charge in [-0.05, 0) is 55.1 Å². The molecule has 0 amide bonds. The van der Waals surface area contributed by atoms with Crippen LogP contribution < -0.4 is 9.47 Å². The van der Waals surface area contributed by atoms with Crippen molar-refractivity contribution in [3.8, 4) is 11.5 Å². The van der Waals surface area contributed by atoms with Crippen LogP contribution >= 0.6 is 0 Å². The van der Waals surface area contributed by atoms with Crippen LogP contribution in [0.15, 0.2) is 48.5 Å². The van der Waals surface area contributed by atoms with E-state index in [2.05, 4.69) is 4.90 Å². The number of hydrogen-bond acceptors (Lipinski definition) is 3. The predicted octanol–water partition coefficient (Wildman–Crippen LogP) is 3.85. The lowest BCUT2D eigenvalue weighted by Gasteiger charge is -2.36. The van der Waals surface area contributed by atoms with E-state index >= 15 is 0 Å². The van der Waals surface area contributed by atoms with Crippen LogP contribution in [0.25, 0.3) is 0 Å². The van der Waals surface area contributed by atoms with Crippen molar-refractivity contribution in [2.75, 3.05) is 26.2 Å². The zero-order valence-corrected chi connectivity index (χ0v) is 13.7. The third-order valence-electron chi connectivity index (χ3n) is 4.88. The molecular formula is C20H22FNO2. The van der Waals surface area contributed by atoms with Crippen LogP contribution in [0.5, 0.6) is 11.5 Å². The summed E-state index contributed by atoms with van der Waals surface area (Å²) in [6, 6.07) is 14.8. The number of likely N-dealkylation sites (tertiary alicyclic amines) is 1. The lowest BCUT2D eigenvalue weighted by Crippen LogP contribution is -2.44. The molecule has 0 bridgehead atoms. The predicted molar refractivity (Wildman–Crippen MR) is 91.2 cm³/mol. The molecule has 0 unspecified atom stereocenters. The topological polar surface area (TPSA) is 21.7 Å². The molecule has 0 saturated carbocycles. The fourth-order valence-electron chi connectivity index (χ4n) is 3.67. The summed E-state index contributed by atoms with van der Waals surface area (Å²) in [6.45, 7) is 3.53. The first-order valence-electron chi connectivity index (χ1n) is 8.64. The van der Waals surface area contributed by atoms with Crippen molar-refractivity contribution in [1.82, 2.24) is 4.90 Å². The van der Waals surface area contributed by atoms with Crippen LogP contribution in [0, 0.1) is 5.82 Å². The maximum Gasteiger partial charge on any atom is 0.161 e. The lowest BCUT2D eigenvalue weighted by atomic mass is 9.90. The lowest BCUT2D eigenvalue weighted by molar-refractivity contribution is 0.0505. The second-order valence-electron chi connectivity index (χ2n) is 6.65. The zero-order chi connectivity index (χ0) is 16.4. The maximum absolute atomic E-state index is 13.1. The number of para-hydroxylation sites is 2. The first-order chi connectivity index (χ1) is 11.8. The average molecular weight is 327 g/mol. The Labute approximate surface area is 142 Å². The standard InChI is InChI=1S/C20H22FNO2/c21-17-9-7-15(8-10-17)16-4-3-11-22(12-16)13-18-14-23-19-5-1-2-6-20(19)24-18/h1-2,5-10,16,18H,3-4,11-14H2/t16-,18+/m1/s1. The minimum absolute atomic E-state index is 0.0619. The van der Waals surface area contributed by atoms with Crippen molar-refractivity contribution < 1.29 is 13.9 Å². The van der Waals surface area contributed by atoms with Gasteiger partial charge in [-0.2, -0.15) is 0 Å². The van der Waals surface area contributed by atoms with Gasteiger partial charge in [0.05, 0.1) is 0 Å². The van der Waals surface area contributed by atoms with Crippen molar-refractivity contribution in [3.05, 3.63) is 59.9 Å². The molecule has 1 fully saturated rings. The molecule has 3 nitrogen and oxygen atoms in total. The van der Waals surface area contributed by atoms with Gasteiger partial charge in [0, 0.05) is 13.1 Å². The zero-order valence-electron chi connectivity index (χ0n) is 13.7. The molecule has 24 heavy (non-hydrogen) atoms. The molecule has 2 aromatic carbocycles. The van der Waals surface area contributed by atoms with E-state index in [4.69, 9.17) is 9.47 Å². The largest absolute Gasteiger partial charge is 0.486 e. The minimum Gasteiger partial charge on any atom is -0.486 e. The number of hydrogen-bond donors (Lipinski definition) is 0. The monoisotopic (exact) mass is 327 g/mol. The SMILES string of the molecule is Fc1ccc([C@@H]2CCCN(C[C@H]3COc4ccccc4O3)C2)cc1. The third kappa shape index (κ3) is 3.39. The first kappa shape index (κ1) is 15.5. The Hall–Kier alpha value is -2.07. The number of piperidine rings is 1. The van der Waals surface area contributed by atoms with E-state index in [0.717, 1.165) is 44.0 Å². The normalized spacial score (nSPS) is 23.9. The van der Waals surface area contributed by atoms with Gasteiger partial charge in [0.2, 0.25) is 0 Å². The number of fused-ring (bicyclic) bond motifs is 1. The van der Waals surface area contributed by atoms with E-state index < -0.39 is 0 Å². The van der Waals surface area contributed by atoms with Crippen molar-refractivity contribution >= 4 is 0 Å². The van der Waals surface area contributed by atoms with Gasteiger partial charge in [0.25, 0.3) is 0 Å². The number of benzene rings is 2.